The molecule has 0 N–H and O–H groups in total. The summed E-state index contributed by atoms with van der Waals surface area (Å²) in [7, 11) is 4.20. The second-order valence-electron chi connectivity index (χ2n) is 4.70. The molecule has 4 nitrogen and oxygen atoms in total. The van der Waals surface area contributed by atoms with E-state index in [9.17, 15) is 4.79 Å². The van der Waals surface area contributed by atoms with Crippen molar-refractivity contribution >= 4 is 5.91 Å². The van der Waals surface area contributed by atoms with Gasteiger partial charge in [-0.05, 0) is 39.1 Å². The molecule has 92 valence electrons. The normalized spacial score (nSPS) is 17.5. The number of rotatable bonds is 2. The average Bonchev–Trinajstić information content (AvgIpc) is 2.39. The molecule has 0 aliphatic carbocycles. The number of nitrogens with zero attached hydrogens (tertiary/aromatic N) is 3. The SMILES string of the molecule is CN(C)C1CCN(C(=O)c2ccccn2)CC1. The number of carbonyl (C=O) groups is 1. The summed E-state index contributed by atoms with van der Waals surface area (Å²) in [5.74, 6) is 0.0582. The Morgan fingerprint density at radius 1 is 1.35 bits per heavy atom. The van der Waals surface area contributed by atoms with Crippen molar-refractivity contribution in [2.75, 3.05) is 27.2 Å². The second kappa shape index (κ2) is 5.27. The van der Waals surface area contributed by atoms with Crippen LogP contribution in [0.25, 0.3) is 0 Å². The number of likely N-dealkylation sites (tertiary alicyclic amines) is 1. The van der Waals surface area contributed by atoms with E-state index in [4.69, 9.17) is 0 Å². The van der Waals surface area contributed by atoms with Gasteiger partial charge < -0.3 is 9.80 Å². The number of carbonyl (C=O) groups excluding carboxylic acids is 1. The number of hydrogen-bond acceptors (Lipinski definition) is 3. The van der Waals surface area contributed by atoms with Crippen LogP contribution in [0.5, 0.6) is 0 Å². The molecule has 2 heterocycles. The number of piperidine rings is 1. The maximum Gasteiger partial charge on any atom is 0.272 e. The van der Waals surface area contributed by atoms with E-state index in [1.807, 2.05) is 17.0 Å². The Labute approximate surface area is 102 Å². The van der Waals surface area contributed by atoms with Gasteiger partial charge >= 0.3 is 0 Å². The molecule has 0 aromatic carbocycles. The van der Waals surface area contributed by atoms with E-state index in [1.165, 1.54) is 0 Å². The van der Waals surface area contributed by atoms with E-state index in [2.05, 4.69) is 24.0 Å². The van der Waals surface area contributed by atoms with Gasteiger partial charge in [0.15, 0.2) is 0 Å². The van der Waals surface area contributed by atoms with E-state index >= 15 is 0 Å². The maximum absolute atomic E-state index is 12.1. The summed E-state index contributed by atoms with van der Waals surface area (Å²) < 4.78 is 0. The zero-order valence-corrected chi connectivity index (χ0v) is 10.5. The first-order valence-corrected chi connectivity index (χ1v) is 6.05. The fourth-order valence-corrected chi connectivity index (χ4v) is 2.24. The number of pyridine rings is 1. The van der Waals surface area contributed by atoms with Gasteiger partial charge in [0.2, 0.25) is 0 Å². The highest BCUT2D eigenvalue weighted by Crippen LogP contribution is 2.15. The first-order chi connectivity index (χ1) is 8.18. The molecule has 1 aromatic rings. The molecule has 1 aliphatic heterocycles. The summed E-state index contributed by atoms with van der Waals surface area (Å²) in [6.45, 7) is 1.66. The monoisotopic (exact) mass is 233 g/mol. The molecule has 1 fully saturated rings. The van der Waals surface area contributed by atoms with Gasteiger partial charge in [-0.1, -0.05) is 6.07 Å². The van der Waals surface area contributed by atoms with Crippen LogP contribution in [0.15, 0.2) is 24.4 Å². The van der Waals surface area contributed by atoms with E-state index in [1.54, 1.807) is 12.3 Å². The molecular formula is C13H19N3O. The number of aromatic nitrogens is 1. The zero-order chi connectivity index (χ0) is 12.3. The minimum absolute atomic E-state index is 0.0582. The van der Waals surface area contributed by atoms with Gasteiger partial charge in [0, 0.05) is 25.3 Å². The van der Waals surface area contributed by atoms with Gasteiger partial charge in [-0.2, -0.15) is 0 Å². The summed E-state index contributed by atoms with van der Waals surface area (Å²) in [6, 6.07) is 6.06. The Balaban J connectivity index is 1.95. The molecule has 0 atom stereocenters. The molecule has 0 radical (unpaired) electrons. The highest BCUT2D eigenvalue weighted by Gasteiger charge is 2.24. The predicted molar refractivity (Wildman–Crippen MR) is 66.8 cm³/mol. The van der Waals surface area contributed by atoms with Gasteiger partial charge in [0.05, 0.1) is 0 Å². The lowest BCUT2D eigenvalue weighted by atomic mass is 10.0. The van der Waals surface area contributed by atoms with Crippen LogP contribution in [0.4, 0.5) is 0 Å². The smallest absolute Gasteiger partial charge is 0.272 e. The summed E-state index contributed by atoms with van der Waals surface area (Å²) in [6.07, 6.45) is 3.76. The van der Waals surface area contributed by atoms with Crippen LogP contribution in [-0.2, 0) is 0 Å². The van der Waals surface area contributed by atoms with Crippen molar-refractivity contribution in [2.24, 2.45) is 0 Å². The average molecular weight is 233 g/mol. The van der Waals surface area contributed by atoms with Crippen molar-refractivity contribution in [1.29, 1.82) is 0 Å². The zero-order valence-electron chi connectivity index (χ0n) is 10.5. The summed E-state index contributed by atoms with van der Waals surface area (Å²) in [5, 5.41) is 0. The van der Waals surface area contributed by atoms with Crippen molar-refractivity contribution in [3.63, 3.8) is 0 Å². The fraction of sp³-hybridized carbons (Fsp3) is 0.538. The Morgan fingerprint density at radius 2 is 2.06 bits per heavy atom. The third-order valence-electron chi connectivity index (χ3n) is 3.37. The van der Waals surface area contributed by atoms with Gasteiger partial charge in [-0.25, -0.2) is 0 Å². The Kier molecular flexibility index (Phi) is 3.74. The van der Waals surface area contributed by atoms with Crippen LogP contribution in [0.2, 0.25) is 0 Å². The highest BCUT2D eigenvalue weighted by molar-refractivity contribution is 5.92. The molecular weight excluding hydrogens is 214 g/mol. The molecule has 2 rings (SSSR count). The molecule has 4 heteroatoms. The molecule has 0 spiro atoms. The minimum atomic E-state index is 0.0582. The summed E-state index contributed by atoms with van der Waals surface area (Å²) in [5.41, 5.74) is 0.552. The summed E-state index contributed by atoms with van der Waals surface area (Å²) in [4.78, 5) is 20.4. The molecule has 17 heavy (non-hydrogen) atoms. The Morgan fingerprint density at radius 3 is 2.59 bits per heavy atom. The molecule has 1 amide bonds. The fourth-order valence-electron chi connectivity index (χ4n) is 2.24. The quantitative estimate of drug-likeness (QED) is 0.771. The Bertz CT molecular complexity index is 370. The lowest BCUT2D eigenvalue weighted by Gasteiger charge is -2.35. The van der Waals surface area contributed by atoms with Crippen LogP contribution < -0.4 is 0 Å². The predicted octanol–water partition coefficient (Wildman–Crippen LogP) is 1.25. The molecule has 0 unspecified atom stereocenters. The molecule has 0 saturated carbocycles. The van der Waals surface area contributed by atoms with Crippen molar-refractivity contribution in [3.8, 4) is 0 Å². The molecule has 0 bridgehead atoms. The van der Waals surface area contributed by atoms with Crippen molar-refractivity contribution < 1.29 is 4.79 Å². The van der Waals surface area contributed by atoms with Crippen LogP contribution >= 0.6 is 0 Å². The van der Waals surface area contributed by atoms with E-state index in [-0.39, 0.29) is 5.91 Å². The van der Waals surface area contributed by atoms with Crippen molar-refractivity contribution in [1.82, 2.24) is 14.8 Å². The maximum atomic E-state index is 12.1. The van der Waals surface area contributed by atoms with Crippen LogP contribution in [-0.4, -0.2) is 53.9 Å². The molecule has 1 saturated heterocycles. The van der Waals surface area contributed by atoms with E-state index < -0.39 is 0 Å². The third-order valence-corrected chi connectivity index (χ3v) is 3.37. The standard InChI is InChI=1S/C13H19N3O/c1-15(2)11-6-9-16(10-7-11)13(17)12-5-3-4-8-14-12/h3-5,8,11H,6-7,9-10H2,1-2H3. The third kappa shape index (κ3) is 2.82. The van der Waals surface area contributed by atoms with Crippen LogP contribution in [0, 0.1) is 0 Å². The van der Waals surface area contributed by atoms with E-state index in [0.29, 0.717) is 11.7 Å². The van der Waals surface area contributed by atoms with E-state index in [0.717, 1.165) is 25.9 Å². The van der Waals surface area contributed by atoms with Crippen LogP contribution in [0.1, 0.15) is 23.3 Å². The van der Waals surface area contributed by atoms with Gasteiger partial charge in [0.25, 0.3) is 5.91 Å². The van der Waals surface area contributed by atoms with Gasteiger partial charge in [-0.3, -0.25) is 9.78 Å². The topological polar surface area (TPSA) is 36.4 Å². The van der Waals surface area contributed by atoms with Crippen molar-refractivity contribution in [3.05, 3.63) is 30.1 Å². The first-order valence-electron chi connectivity index (χ1n) is 6.05. The lowest BCUT2D eigenvalue weighted by Crippen LogP contribution is -2.44. The summed E-state index contributed by atoms with van der Waals surface area (Å²) >= 11 is 0. The second-order valence-corrected chi connectivity index (χ2v) is 4.70. The number of amides is 1. The lowest BCUT2D eigenvalue weighted by molar-refractivity contribution is 0.0657. The molecule has 1 aromatic heterocycles. The highest BCUT2D eigenvalue weighted by atomic mass is 16.2. The van der Waals surface area contributed by atoms with Gasteiger partial charge in [0.1, 0.15) is 5.69 Å². The van der Waals surface area contributed by atoms with Crippen molar-refractivity contribution in [2.45, 2.75) is 18.9 Å². The largest absolute Gasteiger partial charge is 0.337 e. The van der Waals surface area contributed by atoms with Crippen LogP contribution in [0.3, 0.4) is 0 Å². The van der Waals surface area contributed by atoms with Gasteiger partial charge in [-0.15, -0.1) is 0 Å². The molecule has 1 aliphatic rings. The first kappa shape index (κ1) is 12.0. The number of hydrogen-bond donors (Lipinski definition) is 0. The minimum Gasteiger partial charge on any atom is -0.337 e. The Hall–Kier alpha value is -1.42.